The molecular formula is C9H15N3O2S. The van der Waals surface area contributed by atoms with Gasteiger partial charge in [-0.25, -0.2) is 5.14 Å². The molecule has 3 N–H and O–H groups in total. The molecule has 15 heavy (non-hydrogen) atoms. The standard InChI is InChI=1S/C9H15N3O2S/c1-12(2)9-5-3-8(4-6-9)7-11-15(10,13)14/h3-6,11H,7H2,1-2H3,(H2,10,13,14). The van der Waals surface area contributed by atoms with Crippen molar-refractivity contribution in [3.63, 3.8) is 0 Å². The third-order valence-electron chi connectivity index (χ3n) is 1.93. The van der Waals surface area contributed by atoms with Crippen LogP contribution in [0.25, 0.3) is 0 Å². The second-order valence-corrected chi connectivity index (χ2v) is 4.81. The fourth-order valence-electron chi connectivity index (χ4n) is 1.10. The highest BCUT2D eigenvalue weighted by Gasteiger charge is 2.01. The van der Waals surface area contributed by atoms with Crippen LogP contribution in [0.3, 0.4) is 0 Å². The van der Waals surface area contributed by atoms with Crippen molar-refractivity contribution in [2.45, 2.75) is 6.54 Å². The van der Waals surface area contributed by atoms with Gasteiger partial charge in [0.1, 0.15) is 0 Å². The SMILES string of the molecule is CN(C)c1ccc(CNS(N)(=O)=O)cc1. The summed E-state index contributed by atoms with van der Waals surface area (Å²) in [5.41, 5.74) is 1.93. The van der Waals surface area contributed by atoms with Crippen LogP contribution < -0.4 is 14.8 Å². The van der Waals surface area contributed by atoms with Crippen molar-refractivity contribution in [1.29, 1.82) is 0 Å². The van der Waals surface area contributed by atoms with E-state index in [2.05, 4.69) is 4.72 Å². The normalized spacial score (nSPS) is 11.4. The molecule has 0 radical (unpaired) electrons. The Bertz CT molecular complexity index is 411. The molecular weight excluding hydrogens is 214 g/mol. The van der Waals surface area contributed by atoms with E-state index in [9.17, 15) is 8.42 Å². The molecule has 0 saturated carbocycles. The minimum absolute atomic E-state index is 0.215. The Kier molecular flexibility index (Phi) is 3.67. The lowest BCUT2D eigenvalue weighted by atomic mass is 10.2. The average molecular weight is 229 g/mol. The minimum atomic E-state index is -3.61. The molecule has 0 aliphatic rings. The van der Waals surface area contributed by atoms with Crippen LogP contribution >= 0.6 is 0 Å². The highest BCUT2D eigenvalue weighted by molar-refractivity contribution is 7.87. The Hall–Kier alpha value is -1.11. The maximum Gasteiger partial charge on any atom is 0.274 e. The summed E-state index contributed by atoms with van der Waals surface area (Å²) in [5, 5.41) is 4.81. The zero-order valence-corrected chi connectivity index (χ0v) is 9.58. The van der Waals surface area contributed by atoms with Crippen molar-refractivity contribution in [1.82, 2.24) is 4.72 Å². The molecule has 0 fully saturated rings. The molecule has 0 saturated heterocycles. The fraction of sp³-hybridized carbons (Fsp3) is 0.333. The molecule has 1 aromatic carbocycles. The molecule has 0 aliphatic carbocycles. The molecule has 0 spiro atoms. The van der Waals surface area contributed by atoms with Crippen LogP contribution in [0.1, 0.15) is 5.56 Å². The zero-order valence-electron chi connectivity index (χ0n) is 8.77. The van der Waals surface area contributed by atoms with Crippen molar-refractivity contribution in [3.05, 3.63) is 29.8 Å². The zero-order chi connectivity index (χ0) is 11.5. The summed E-state index contributed by atoms with van der Waals surface area (Å²) in [7, 11) is 0.275. The molecule has 0 aliphatic heterocycles. The monoisotopic (exact) mass is 229 g/mol. The highest BCUT2D eigenvalue weighted by Crippen LogP contribution is 2.11. The first kappa shape index (κ1) is 12.0. The van der Waals surface area contributed by atoms with Gasteiger partial charge in [-0.2, -0.15) is 13.1 Å². The van der Waals surface area contributed by atoms with Gasteiger partial charge in [0.05, 0.1) is 0 Å². The summed E-state index contributed by atoms with van der Waals surface area (Å²) in [6, 6.07) is 7.54. The number of nitrogens with two attached hydrogens (primary N) is 1. The van der Waals surface area contributed by atoms with Gasteiger partial charge in [0.25, 0.3) is 10.2 Å². The molecule has 0 bridgehead atoms. The van der Waals surface area contributed by atoms with E-state index in [1.807, 2.05) is 43.3 Å². The summed E-state index contributed by atoms with van der Waals surface area (Å²) in [6.07, 6.45) is 0. The first-order chi connectivity index (χ1) is 6.88. The number of anilines is 1. The summed E-state index contributed by atoms with van der Waals surface area (Å²) < 4.78 is 23.5. The Morgan fingerprint density at radius 1 is 1.27 bits per heavy atom. The van der Waals surface area contributed by atoms with Gasteiger partial charge in [-0.3, -0.25) is 0 Å². The van der Waals surface area contributed by atoms with Gasteiger partial charge in [0.2, 0.25) is 0 Å². The predicted octanol–water partition coefficient (Wildman–Crippen LogP) is 0.0457. The van der Waals surface area contributed by atoms with Gasteiger partial charge >= 0.3 is 0 Å². The van der Waals surface area contributed by atoms with E-state index >= 15 is 0 Å². The number of hydrogen-bond donors (Lipinski definition) is 2. The van der Waals surface area contributed by atoms with Crippen molar-refractivity contribution in [3.8, 4) is 0 Å². The maximum absolute atomic E-state index is 10.6. The Morgan fingerprint density at radius 3 is 2.20 bits per heavy atom. The molecule has 0 amide bonds. The summed E-state index contributed by atoms with van der Waals surface area (Å²) in [4.78, 5) is 1.97. The van der Waals surface area contributed by atoms with Gasteiger partial charge in [-0.05, 0) is 17.7 Å². The van der Waals surface area contributed by atoms with Crippen molar-refractivity contribution >= 4 is 15.9 Å². The van der Waals surface area contributed by atoms with Crippen molar-refractivity contribution in [2.24, 2.45) is 5.14 Å². The third-order valence-corrected chi connectivity index (χ3v) is 2.48. The van der Waals surface area contributed by atoms with E-state index in [0.29, 0.717) is 0 Å². The molecule has 5 nitrogen and oxygen atoms in total. The van der Waals surface area contributed by atoms with E-state index in [1.54, 1.807) is 0 Å². The number of benzene rings is 1. The highest BCUT2D eigenvalue weighted by atomic mass is 32.2. The average Bonchev–Trinajstić information content (AvgIpc) is 2.14. The van der Waals surface area contributed by atoms with Crippen LogP contribution in [0.5, 0.6) is 0 Å². The first-order valence-electron chi connectivity index (χ1n) is 4.42. The van der Waals surface area contributed by atoms with E-state index in [0.717, 1.165) is 11.3 Å². The molecule has 84 valence electrons. The van der Waals surface area contributed by atoms with E-state index < -0.39 is 10.2 Å². The third kappa shape index (κ3) is 4.28. The quantitative estimate of drug-likeness (QED) is 0.765. The minimum Gasteiger partial charge on any atom is -0.378 e. The molecule has 0 aromatic heterocycles. The fourth-order valence-corrected chi connectivity index (χ4v) is 1.46. The van der Waals surface area contributed by atoms with Gasteiger partial charge < -0.3 is 4.90 Å². The Labute approximate surface area is 90.1 Å². The number of nitrogens with zero attached hydrogens (tertiary/aromatic N) is 1. The Balaban J connectivity index is 2.65. The lowest BCUT2D eigenvalue weighted by Gasteiger charge is -2.12. The molecule has 1 rings (SSSR count). The van der Waals surface area contributed by atoms with Crippen LogP contribution in [0.15, 0.2) is 24.3 Å². The molecule has 0 heterocycles. The van der Waals surface area contributed by atoms with E-state index in [1.165, 1.54) is 0 Å². The second kappa shape index (κ2) is 4.61. The van der Waals surface area contributed by atoms with Crippen molar-refractivity contribution in [2.75, 3.05) is 19.0 Å². The summed E-state index contributed by atoms with van der Waals surface area (Å²) >= 11 is 0. The lowest BCUT2D eigenvalue weighted by molar-refractivity contribution is 0.583. The second-order valence-electron chi connectivity index (χ2n) is 3.43. The maximum atomic E-state index is 10.6. The summed E-state index contributed by atoms with van der Waals surface area (Å²) in [6.45, 7) is 0.215. The van der Waals surface area contributed by atoms with E-state index in [-0.39, 0.29) is 6.54 Å². The number of hydrogen-bond acceptors (Lipinski definition) is 3. The summed E-state index contributed by atoms with van der Waals surface area (Å²) in [5.74, 6) is 0. The van der Waals surface area contributed by atoms with Crippen molar-refractivity contribution < 1.29 is 8.42 Å². The first-order valence-corrected chi connectivity index (χ1v) is 5.97. The number of nitrogens with one attached hydrogen (secondary N) is 1. The molecule has 6 heteroatoms. The molecule has 1 aromatic rings. The molecule has 0 atom stereocenters. The van der Waals surface area contributed by atoms with Crippen LogP contribution in [-0.2, 0) is 16.8 Å². The van der Waals surface area contributed by atoms with Gasteiger partial charge in [0.15, 0.2) is 0 Å². The van der Waals surface area contributed by atoms with E-state index in [4.69, 9.17) is 5.14 Å². The Morgan fingerprint density at radius 2 is 1.80 bits per heavy atom. The smallest absolute Gasteiger partial charge is 0.274 e. The van der Waals surface area contributed by atoms with Crippen LogP contribution in [0.2, 0.25) is 0 Å². The number of rotatable bonds is 4. The van der Waals surface area contributed by atoms with Crippen LogP contribution in [-0.4, -0.2) is 22.5 Å². The van der Waals surface area contributed by atoms with Gasteiger partial charge in [-0.15, -0.1) is 0 Å². The topological polar surface area (TPSA) is 75.4 Å². The largest absolute Gasteiger partial charge is 0.378 e. The lowest BCUT2D eigenvalue weighted by Crippen LogP contribution is -2.30. The predicted molar refractivity (Wildman–Crippen MR) is 60.7 cm³/mol. The van der Waals surface area contributed by atoms with Gasteiger partial charge in [-0.1, -0.05) is 12.1 Å². The molecule has 0 unspecified atom stereocenters. The van der Waals surface area contributed by atoms with Gasteiger partial charge in [0, 0.05) is 26.3 Å². The van der Waals surface area contributed by atoms with Crippen LogP contribution in [0, 0.1) is 0 Å². The van der Waals surface area contributed by atoms with Crippen LogP contribution in [0.4, 0.5) is 5.69 Å².